The molecule has 0 atom stereocenters. The van der Waals surface area contributed by atoms with Crippen LogP contribution < -0.4 is 4.74 Å². The van der Waals surface area contributed by atoms with Crippen LogP contribution in [0.15, 0.2) is 24.3 Å². The van der Waals surface area contributed by atoms with Crippen molar-refractivity contribution in [2.24, 2.45) is 5.92 Å². The fourth-order valence-electron chi connectivity index (χ4n) is 2.57. The highest BCUT2D eigenvalue weighted by atomic mass is 16.5. The fraction of sp³-hybridized carbons (Fsp3) is 0.533. The Labute approximate surface area is 108 Å². The third kappa shape index (κ3) is 3.49. The monoisotopic (exact) mass is 248 g/mol. The molecule has 1 aromatic rings. The summed E-state index contributed by atoms with van der Waals surface area (Å²) in [5.41, 5.74) is 1.35. The maximum Gasteiger partial charge on any atom is 0.341 e. The summed E-state index contributed by atoms with van der Waals surface area (Å²) in [6, 6.07) is 7.88. The summed E-state index contributed by atoms with van der Waals surface area (Å²) >= 11 is 0. The van der Waals surface area contributed by atoms with Crippen molar-refractivity contribution >= 4 is 5.97 Å². The molecule has 1 aliphatic carbocycles. The van der Waals surface area contributed by atoms with Gasteiger partial charge in [-0.1, -0.05) is 31.9 Å². The van der Waals surface area contributed by atoms with Crippen molar-refractivity contribution in [2.75, 3.05) is 6.61 Å². The lowest BCUT2D eigenvalue weighted by molar-refractivity contribution is -0.139. The minimum atomic E-state index is -0.944. The summed E-state index contributed by atoms with van der Waals surface area (Å²) in [6.07, 6.45) is 5.14. The van der Waals surface area contributed by atoms with Crippen LogP contribution in [-0.4, -0.2) is 17.7 Å². The molecular weight excluding hydrogens is 228 g/mol. The average Bonchev–Trinajstić information content (AvgIpc) is 2.38. The van der Waals surface area contributed by atoms with Crippen LogP contribution in [0.2, 0.25) is 0 Å². The zero-order valence-corrected chi connectivity index (χ0v) is 10.8. The topological polar surface area (TPSA) is 46.5 Å². The Morgan fingerprint density at radius 2 is 1.83 bits per heavy atom. The second-order valence-electron chi connectivity index (χ2n) is 5.21. The summed E-state index contributed by atoms with van der Waals surface area (Å²) in [7, 11) is 0. The lowest BCUT2D eigenvalue weighted by atomic mass is 9.79. The summed E-state index contributed by atoms with van der Waals surface area (Å²) < 4.78 is 5.13. The molecule has 18 heavy (non-hydrogen) atoms. The van der Waals surface area contributed by atoms with Crippen LogP contribution >= 0.6 is 0 Å². The van der Waals surface area contributed by atoms with Gasteiger partial charge >= 0.3 is 5.97 Å². The standard InChI is InChI=1S/C15H20O3/c1-11-2-4-12(5-3-11)13-6-8-14(9-7-13)18-10-15(16)17/h6-9,11-12H,2-5,10H2,1H3,(H,16,17). The van der Waals surface area contributed by atoms with Gasteiger partial charge in [0.05, 0.1) is 0 Å². The number of benzene rings is 1. The molecule has 3 heteroatoms. The predicted octanol–water partition coefficient (Wildman–Crippen LogP) is 3.44. The van der Waals surface area contributed by atoms with E-state index in [9.17, 15) is 4.79 Å². The number of ether oxygens (including phenoxy) is 1. The fourth-order valence-corrected chi connectivity index (χ4v) is 2.57. The molecule has 0 bridgehead atoms. The Morgan fingerprint density at radius 1 is 1.22 bits per heavy atom. The van der Waals surface area contributed by atoms with Gasteiger partial charge in [0, 0.05) is 0 Å². The number of aliphatic carboxylic acids is 1. The third-order valence-electron chi connectivity index (χ3n) is 3.73. The molecular formula is C15H20O3. The summed E-state index contributed by atoms with van der Waals surface area (Å²) in [6.45, 7) is 2.04. The van der Waals surface area contributed by atoms with Gasteiger partial charge < -0.3 is 9.84 Å². The van der Waals surface area contributed by atoms with E-state index < -0.39 is 5.97 Å². The zero-order valence-electron chi connectivity index (χ0n) is 10.8. The van der Waals surface area contributed by atoms with Gasteiger partial charge in [-0.15, -0.1) is 0 Å². The first-order valence-electron chi connectivity index (χ1n) is 6.59. The lowest BCUT2D eigenvalue weighted by Gasteiger charge is -2.26. The van der Waals surface area contributed by atoms with E-state index in [0.29, 0.717) is 11.7 Å². The van der Waals surface area contributed by atoms with Gasteiger partial charge in [0.1, 0.15) is 5.75 Å². The SMILES string of the molecule is CC1CCC(c2ccc(OCC(=O)O)cc2)CC1. The second kappa shape index (κ2) is 5.89. The van der Waals surface area contributed by atoms with Crippen LogP contribution in [0.25, 0.3) is 0 Å². The third-order valence-corrected chi connectivity index (χ3v) is 3.73. The highest BCUT2D eigenvalue weighted by Gasteiger charge is 2.19. The lowest BCUT2D eigenvalue weighted by Crippen LogP contribution is -2.11. The van der Waals surface area contributed by atoms with Crippen molar-refractivity contribution in [3.8, 4) is 5.75 Å². The van der Waals surface area contributed by atoms with Gasteiger partial charge in [-0.25, -0.2) is 4.79 Å². The normalized spacial score (nSPS) is 23.6. The van der Waals surface area contributed by atoms with Crippen molar-refractivity contribution in [2.45, 2.75) is 38.5 Å². The Morgan fingerprint density at radius 3 is 2.39 bits per heavy atom. The summed E-state index contributed by atoms with van der Waals surface area (Å²) in [4.78, 5) is 10.4. The molecule has 2 rings (SSSR count). The summed E-state index contributed by atoms with van der Waals surface area (Å²) in [5.74, 6) is 1.21. The van der Waals surface area contributed by atoms with Gasteiger partial charge in [0.15, 0.2) is 6.61 Å². The molecule has 0 spiro atoms. The Balaban J connectivity index is 1.93. The molecule has 1 aliphatic rings. The minimum absolute atomic E-state index is 0.277. The van der Waals surface area contributed by atoms with E-state index in [1.165, 1.54) is 31.2 Å². The highest BCUT2D eigenvalue weighted by Crippen LogP contribution is 2.35. The van der Waals surface area contributed by atoms with Crippen LogP contribution in [0.5, 0.6) is 5.75 Å². The Bertz CT molecular complexity index is 389. The molecule has 1 N–H and O–H groups in total. The van der Waals surface area contributed by atoms with Crippen LogP contribution in [-0.2, 0) is 4.79 Å². The summed E-state index contributed by atoms with van der Waals surface area (Å²) in [5, 5.41) is 8.53. The van der Waals surface area contributed by atoms with Crippen molar-refractivity contribution in [1.29, 1.82) is 0 Å². The molecule has 0 aromatic heterocycles. The zero-order chi connectivity index (χ0) is 13.0. The first-order valence-corrected chi connectivity index (χ1v) is 6.59. The molecule has 0 unspecified atom stereocenters. The van der Waals surface area contributed by atoms with Crippen LogP contribution in [0, 0.1) is 5.92 Å². The Kier molecular flexibility index (Phi) is 4.24. The minimum Gasteiger partial charge on any atom is -0.482 e. The van der Waals surface area contributed by atoms with Gasteiger partial charge in [0.25, 0.3) is 0 Å². The van der Waals surface area contributed by atoms with E-state index in [2.05, 4.69) is 19.1 Å². The first kappa shape index (κ1) is 12.9. The van der Waals surface area contributed by atoms with E-state index in [1.807, 2.05) is 12.1 Å². The molecule has 0 amide bonds. The number of carboxylic acids is 1. The Hall–Kier alpha value is -1.51. The quantitative estimate of drug-likeness (QED) is 0.887. The molecule has 1 fully saturated rings. The van der Waals surface area contributed by atoms with Crippen molar-refractivity contribution in [3.05, 3.63) is 29.8 Å². The largest absolute Gasteiger partial charge is 0.482 e. The second-order valence-corrected chi connectivity index (χ2v) is 5.21. The molecule has 98 valence electrons. The molecule has 1 aromatic carbocycles. The van der Waals surface area contributed by atoms with E-state index in [-0.39, 0.29) is 6.61 Å². The maximum atomic E-state index is 10.4. The van der Waals surface area contributed by atoms with E-state index >= 15 is 0 Å². The van der Waals surface area contributed by atoms with Crippen LogP contribution in [0.4, 0.5) is 0 Å². The van der Waals surface area contributed by atoms with Gasteiger partial charge in [-0.2, -0.15) is 0 Å². The van der Waals surface area contributed by atoms with Crippen LogP contribution in [0.3, 0.4) is 0 Å². The molecule has 3 nitrogen and oxygen atoms in total. The first-order chi connectivity index (χ1) is 8.65. The smallest absolute Gasteiger partial charge is 0.341 e. The van der Waals surface area contributed by atoms with E-state index in [4.69, 9.17) is 9.84 Å². The van der Waals surface area contributed by atoms with E-state index in [0.717, 1.165) is 5.92 Å². The number of hydrogen-bond donors (Lipinski definition) is 1. The molecule has 1 saturated carbocycles. The van der Waals surface area contributed by atoms with Gasteiger partial charge in [-0.3, -0.25) is 0 Å². The average molecular weight is 248 g/mol. The molecule has 0 aliphatic heterocycles. The van der Waals surface area contributed by atoms with Gasteiger partial charge in [0.2, 0.25) is 0 Å². The number of rotatable bonds is 4. The molecule has 0 heterocycles. The van der Waals surface area contributed by atoms with Crippen LogP contribution in [0.1, 0.15) is 44.1 Å². The van der Waals surface area contributed by atoms with E-state index in [1.54, 1.807) is 0 Å². The molecule has 0 saturated heterocycles. The van der Waals surface area contributed by atoms with Crippen molar-refractivity contribution in [1.82, 2.24) is 0 Å². The van der Waals surface area contributed by atoms with Crippen molar-refractivity contribution in [3.63, 3.8) is 0 Å². The van der Waals surface area contributed by atoms with Gasteiger partial charge in [-0.05, 0) is 42.4 Å². The highest BCUT2D eigenvalue weighted by molar-refractivity contribution is 5.68. The number of carboxylic acid groups (broad SMARTS) is 1. The maximum absolute atomic E-state index is 10.4. The predicted molar refractivity (Wildman–Crippen MR) is 69.9 cm³/mol. The number of carbonyl (C=O) groups is 1. The molecule has 0 radical (unpaired) electrons. The number of hydrogen-bond acceptors (Lipinski definition) is 2. The van der Waals surface area contributed by atoms with Crippen molar-refractivity contribution < 1.29 is 14.6 Å².